The fourth-order valence-corrected chi connectivity index (χ4v) is 3.50. The van der Waals surface area contributed by atoms with Crippen LogP contribution in [0.2, 0.25) is 0 Å². The first-order valence-corrected chi connectivity index (χ1v) is 10.2. The first-order valence-electron chi connectivity index (χ1n) is 9.27. The molecule has 0 aliphatic rings. The van der Waals surface area contributed by atoms with E-state index in [0.29, 0.717) is 6.54 Å². The fraction of sp³-hybridized carbons (Fsp3) is 0.632. The van der Waals surface area contributed by atoms with E-state index < -0.39 is 0 Å². The van der Waals surface area contributed by atoms with Crippen molar-refractivity contribution in [3.8, 4) is 0 Å². The van der Waals surface area contributed by atoms with Crippen molar-refractivity contribution in [1.82, 2.24) is 25.4 Å². The standard InChI is InChI=1S/C19H32N6S.HI/c1-7-20-18(21-9-8-10-25-15(3)11-14(2)24-25)22-12-17-23-16(13-26-17)19(4,5)6;/h11,13H,7-10,12H2,1-6H3,(H2,20,21,22);1H. The van der Waals surface area contributed by atoms with Crippen LogP contribution in [0.25, 0.3) is 0 Å². The summed E-state index contributed by atoms with van der Waals surface area (Å²) in [5.41, 5.74) is 3.50. The number of guanidine groups is 1. The van der Waals surface area contributed by atoms with Gasteiger partial charge in [0.2, 0.25) is 0 Å². The lowest BCUT2D eigenvalue weighted by Crippen LogP contribution is -2.38. The highest BCUT2D eigenvalue weighted by molar-refractivity contribution is 14.0. The maximum absolute atomic E-state index is 4.71. The molecule has 0 amide bonds. The topological polar surface area (TPSA) is 67.1 Å². The molecular formula is C19H33IN6S. The zero-order chi connectivity index (χ0) is 19.2. The summed E-state index contributed by atoms with van der Waals surface area (Å²) in [7, 11) is 0. The van der Waals surface area contributed by atoms with Gasteiger partial charge in [0, 0.05) is 36.1 Å². The van der Waals surface area contributed by atoms with Gasteiger partial charge in [0.1, 0.15) is 5.01 Å². The zero-order valence-corrected chi connectivity index (χ0v) is 20.4. The summed E-state index contributed by atoms with van der Waals surface area (Å²) in [6.45, 7) is 16.0. The van der Waals surface area contributed by atoms with E-state index in [1.807, 2.05) is 6.92 Å². The van der Waals surface area contributed by atoms with Crippen LogP contribution < -0.4 is 10.6 Å². The van der Waals surface area contributed by atoms with Crippen LogP contribution in [0, 0.1) is 13.8 Å². The lowest BCUT2D eigenvalue weighted by atomic mass is 9.93. The zero-order valence-electron chi connectivity index (χ0n) is 17.3. The predicted molar refractivity (Wildman–Crippen MR) is 125 cm³/mol. The summed E-state index contributed by atoms with van der Waals surface area (Å²) in [5.74, 6) is 0.841. The summed E-state index contributed by atoms with van der Waals surface area (Å²) >= 11 is 1.68. The molecule has 0 saturated carbocycles. The van der Waals surface area contributed by atoms with E-state index in [9.17, 15) is 0 Å². The van der Waals surface area contributed by atoms with Crippen LogP contribution in [0.15, 0.2) is 16.4 Å². The Balaban J connectivity index is 0.00000364. The number of aliphatic imine (C=N–C) groups is 1. The van der Waals surface area contributed by atoms with Gasteiger partial charge in [-0.1, -0.05) is 20.8 Å². The van der Waals surface area contributed by atoms with Crippen LogP contribution in [0.5, 0.6) is 0 Å². The molecule has 0 aliphatic carbocycles. The predicted octanol–water partition coefficient (Wildman–Crippen LogP) is 4.02. The highest BCUT2D eigenvalue weighted by Gasteiger charge is 2.17. The minimum absolute atomic E-state index is 0. The molecule has 0 fully saturated rings. The van der Waals surface area contributed by atoms with E-state index in [2.05, 4.69) is 71.5 Å². The van der Waals surface area contributed by atoms with Crippen molar-refractivity contribution in [2.75, 3.05) is 13.1 Å². The number of rotatable bonds is 7. The highest BCUT2D eigenvalue weighted by atomic mass is 127. The van der Waals surface area contributed by atoms with Crippen molar-refractivity contribution in [2.24, 2.45) is 4.99 Å². The summed E-state index contributed by atoms with van der Waals surface area (Å²) < 4.78 is 2.06. The van der Waals surface area contributed by atoms with Crippen molar-refractivity contribution in [2.45, 2.75) is 66.5 Å². The Kier molecular flexibility index (Phi) is 9.72. The Morgan fingerprint density at radius 2 is 2.00 bits per heavy atom. The quantitative estimate of drug-likeness (QED) is 0.259. The van der Waals surface area contributed by atoms with E-state index in [1.165, 1.54) is 5.69 Å². The minimum Gasteiger partial charge on any atom is -0.357 e. The number of nitrogens with zero attached hydrogens (tertiary/aromatic N) is 4. The van der Waals surface area contributed by atoms with Gasteiger partial charge in [-0.15, -0.1) is 35.3 Å². The highest BCUT2D eigenvalue weighted by Crippen LogP contribution is 2.24. The molecule has 2 aromatic rings. The third-order valence-corrected chi connectivity index (χ3v) is 4.81. The van der Waals surface area contributed by atoms with Crippen LogP contribution >= 0.6 is 35.3 Å². The van der Waals surface area contributed by atoms with Crippen molar-refractivity contribution < 1.29 is 0 Å². The van der Waals surface area contributed by atoms with E-state index in [4.69, 9.17) is 4.98 Å². The molecule has 0 aliphatic heterocycles. The largest absolute Gasteiger partial charge is 0.357 e. The molecule has 0 aromatic carbocycles. The van der Waals surface area contributed by atoms with Gasteiger partial charge in [-0.2, -0.15) is 5.10 Å². The molecule has 0 spiro atoms. The second-order valence-electron chi connectivity index (χ2n) is 7.50. The molecule has 0 saturated heterocycles. The molecule has 152 valence electrons. The second kappa shape index (κ2) is 11.0. The van der Waals surface area contributed by atoms with Crippen LogP contribution in [0.1, 0.15) is 56.2 Å². The van der Waals surface area contributed by atoms with Crippen molar-refractivity contribution >= 4 is 41.3 Å². The van der Waals surface area contributed by atoms with Gasteiger partial charge in [0.05, 0.1) is 17.9 Å². The Morgan fingerprint density at radius 1 is 1.26 bits per heavy atom. The van der Waals surface area contributed by atoms with Crippen LogP contribution in [0.4, 0.5) is 0 Å². The third kappa shape index (κ3) is 7.77. The van der Waals surface area contributed by atoms with Crippen LogP contribution in [-0.2, 0) is 18.5 Å². The number of aromatic nitrogens is 3. The molecule has 27 heavy (non-hydrogen) atoms. The Labute approximate surface area is 184 Å². The lowest BCUT2D eigenvalue weighted by Gasteiger charge is -2.14. The number of hydrogen-bond donors (Lipinski definition) is 2. The monoisotopic (exact) mass is 504 g/mol. The van der Waals surface area contributed by atoms with Crippen molar-refractivity contribution in [1.29, 1.82) is 0 Å². The van der Waals surface area contributed by atoms with Gasteiger partial charge >= 0.3 is 0 Å². The number of thiazole rings is 1. The fourth-order valence-electron chi connectivity index (χ4n) is 2.55. The Bertz CT molecular complexity index is 729. The second-order valence-corrected chi connectivity index (χ2v) is 8.44. The van der Waals surface area contributed by atoms with Crippen molar-refractivity contribution in [3.05, 3.63) is 33.5 Å². The SMILES string of the molecule is CCNC(=NCc1nc(C(C)(C)C)cs1)NCCCn1nc(C)cc1C.I. The van der Waals surface area contributed by atoms with E-state index in [0.717, 1.165) is 48.4 Å². The van der Waals surface area contributed by atoms with Crippen LogP contribution in [0.3, 0.4) is 0 Å². The van der Waals surface area contributed by atoms with Gasteiger partial charge in [0.25, 0.3) is 0 Å². The van der Waals surface area contributed by atoms with E-state index in [1.54, 1.807) is 11.3 Å². The summed E-state index contributed by atoms with van der Waals surface area (Å²) in [5, 5.41) is 14.4. The molecule has 8 heteroatoms. The summed E-state index contributed by atoms with van der Waals surface area (Å²) in [6, 6.07) is 2.11. The number of halogens is 1. The van der Waals surface area contributed by atoms with E-state index >= 15 is 0 Å². The smallest absolute Gasteiger partial charge is 0.191 e. The molecule has 0 bridgehead atoms. The molecule has 0 atom stereocenters. The third-order valence-electron chi connectivity index (χ3n) is 3.98. The molecule has 2 aromatic heterocycles. The summed E-state index contributed by atoms with van der Waals surface area (Å²) in [4.78, 5) is 9.37. The average molecular weight is 504 g/mol. The molecule has 2 N–H and O–H groups in total. The Hall–Kier alpha value is -1.16. The minimum atomic E-state index is 0. The van der Waals surface area contributed by atoms with Gasteiger partial charge in [-0.05, 0) is 33.3 Å². The van der Waals surface area contributed by atoms with E-state index in [-0.39, 0.29) is 29.4 Å². The van der Waals surface area contributed by atoms with Gasteiger partial charge in [0.15, 0.2) is 5.96 Å². The molecular weight excluding hydrogens is 471 g/mol. The van der Waals surface area contributed by atoms with Gasteiger partial charge < -0.3 is 10.6 Å². The number of aryl methyl sites for hydroxylation is 3. The molecule has 2 rings (SSSR count). The number of nitrogens with one attached hydrogen (secondary N) is 2. The molecule has 6 nitrogen and oxygen atoms in total. The number of hydrogen-bond acceptors (Lipinski definition) is 4. The average Bonchev–Trinajstić information content (AvgIpc) is 3.15. The molecule has 0 radical (unpaired) electrons. The molecule has 2 heterocycles. The summed E-state index contributed by atoms with van der Waals surface area (Å²) in [6.07, 6.45) is 0.998. The van der Waals surface area contributed by atoms with Gasteiger partial charge in [-0.25, -0.2) is 9.98 Å². The Morgan fingerprint density at radius 3 is 2.56 bits per heavy atom. The first kappa shape index (κ1) is 23.9. The van der Waals surface area contributed by atoms with Crippen molar-refractivity contribution in [3.63, 3.8) is 0 Å². The van der Waals surface area contributed by atoms with Crippen LogP contribution in [-0.4, -0.2) is 33.8 Å². The first-order chi connectivity index (χ1) is 12.3. The molecule has 0 unspecified atom stereocenters. The maximum atomic E-state index is 4.71. The maximum Gasteiger partial charge on any atom is 0.191 e. The lowest BCUT2D eigenvalue weighted by molar-refractivity contribution is 0.555. The normalized spacial score (nSPS) is 12.0. The van der Waals surface area contributed by atoms with Gasteiger partial charge in [-0.3, -0.25) is 4.68 Å².